The van der Waals surface area contributed by atoms with E-state index in [0.29, 0.717) is 17.3 Å². The molecule has 2 amide bonds. The fraction of sp³-hybridized carbons (Fsp3) is 0.500. The van der Waals surface area contributed by atoms with Gasteiger partial charge in [0.05, 0.1) is 19.1 Å². The lowest BCUT2D eigenvalue weighted by Crippen LogP contribution is -2.40. The number of anilines is 1. The molecule has 3 aliphatic heterocycles. The number of benzene rings is 2. The zero-order valence-corrected chi connectivity index (χ0v) is 25.4. The Bertz CT molecular complexity index is 1340. The van der Waals surface area contributed by atoms with Crippen LogP contribution in [0.5, 0.6) is 0 Å². The summed E-state index contributed by atoms with van der Waals surface area (Å²) >= 11 is 0. The molecule has 224 valence electrons. The number of allylic oxidation sites excluding steroid dienone is 1. The molecule has 0 bridgehead atoms. The molecule has 42 heavy (non-hydrogen) atoms. The molecule has 0 saturated carbocycles. The molecule has 0 aromatic heterocycles. The Morgan fingerprint density at radius 3 is 2.36 bits per heavy atom. The van der Waals surface area contributed by atoms with E-state index in [4.69, 9.17) is 9.47 Å². The highest BCUT2D eigenvalue weighted by Gasteiger charge is 2.27. The topological polar surface area (TPSA) is 83.5 Å². The zero-order chi connectivity index (χ0) is 29.6. The lowest BCUT2D eigenvalue weighted by Gasteiger charge is -2.37. The largest absolute Gasteiger partial charge is 0.381 e. The molecule has 2 saturated heterocycles. The molecule has 8 heteroatoms. The SMILES string of the molecule is CCN(c1cc(-c2ccc(CN3CCOCC3)cc2)cc(C(=O)NCC2C(=O)N=C(C)C=C2C)c1C)C1CCOCC1. The number of aliphatic imine (C=N–C) groups is 1. The molecule has 1 atom stereocenters. The first-order valence-corrected chi connectivity index (χ1v) is 15.3. The minimum absolute atomic E-state index is 0.172. The van der Waals surface area contributed by atoms with Crippen LogP contribution in [-0.4, -0.2) is 81.1 Å². The van der Waals surface area contributed by atoms with Gasteiger partial charge >= 0.3 is 0 Å². The van der Waals surface area contributed by atoms with Crippen LogP contribution in [0.1, 0.15) is 55.1 Å². The average Bonchev–Trinajstić information content (AvgIpc) is 2.99. The van der Waals surface area contributed by atoms with E-state index in [-0.39, 0.29) is 18.4 Å². The van der Waals surface area contributed by atoms with Crippen molar-refractivity contribution in [2.75, 3.05) is 57.5 Å². The summed E-state index contributed by atoms with van der Waals surface area (Å²) in [6.07, 6.45) is 3.84. The Hall–Kier alpha value is -3.33. The van der Waals surface area contributed by atoms with Gasteiger partial charge in [0.1, 0.15) is 0 Å². The van der Waals surface area contributed by atoms with E-state index >= 15 is 0 Å². The molecule has 8 nitrogen and oxygen atoms in total. The number of hydrogen-bond acceptors (Lipinski definition) is 6. The predicted octanol–water partition coefficient (Wildman–Crippen LogP) is 4.79. The summed E-state index contributed by atoms with van der Waals surface area (Å²) in [5.41, 5.74) is 7.64. The smallest absolute Gasteiger partial charge is 0.254 e. The highest BCUT2D eigenvalue weighted by atomic mass is 16.5. The maximum atomic E-state index is 13.8. The summed E-state index contributed by atoms with van der Waals surface area (Å²) in [5.74, 6) is -0.809. The van der Waals surface area contributed by atoms with Crippen LogP contribution in [0.15, 0.2) is 53.0 Å². The second-order valence-electron chi connectivity index (χ2n) is 11.6. The van der Waals surface area contributed by atoms with E-state index in [2.05, 4.69) is 57.4 Å². The van der Waals surface area contributed by atoms with Gasteiger partial charge in [-0.2, -0.15) is 0 Å². The van der Waals surface area contributed by atoms with Crippen molar-refractivity contribution >= 4 is 23.2 Å². The third kappa shape index (κ3) is 7.00. The van der Waals surface area contributed by atoms with Crippen molar-refractivity contribution < 1.29 is 19.1 Å². The Morgan fingerprint density at radius 2 is 1.69 bits per heavy atom. The van der Waals surface area contributed by atoms with Crippen LogP contribution in [0.4, 0.5) is 5.69 Å². The molecule has 1 N–H and O–H groups in total. The number of rotatable bonds is 9. The summed E-state index contributed by atoms with van der Waals surface area (Å²) in [6.45, 7) is 14.9. The average molecular weight is 573 g/mol. The minimum Gasteiger partial charge on any atom is -0.381 e. The molecule has 2 aromatic carbocycles. The maximum Gasteiger partial charge on any atom is 0.254 e. The Kier molecular flexibility index (Phi) is 9.88. The highest BCUT2D eigenvalue weighted by molar-refractivity contribution is 6.06. The Morgan fingerprint density at radius 1 is 1.00 bits per heavy atom. The lowest BCUT2D eigenvalue weighted by molar-refractivity contribution is -0.120. The van der Waals surface area contributed by atoms with Crippen LogP contribution in [0.2, 0.25) is 0 Å². The third-order valence-corrected chi connectivity index (χ3v) is 8.74. The summed E-state index contributed by atoms with van der Waals surface area (Å²) in [7, 11) is 0. The molecule has 0 spiro atoms. The molecule has 0 radical (unpaired) electrons. The van der Waals surface area contributed by atoms with Crippen LogP contribution in [-0.2, 0) is 20.8 Å². The number of nitrogens with one attached hydrogen (secondary N) is 1. The normalized spacial score (nSPS) is 20.2. The van der Waals surface area contributed by atoms with Gasteiger partial charge < -0.3 is 19.7 Å². The van der Waals surface area contributed by atoms with Gasteiger partial charge in [0, 0.05) is 68.9 Å². The lowest BCUT2D eigenvalue weighted by atomic mass is 9.94. The quantitative estimate of drug-likeness (QED) is 0.465. The van der Waals surface area contributed by atoms with Gasteiger partial charge in [-0.15, -0.1) is 0 Å². The van der Waals surface area contributed by atoms with Crippen molar-refractivity contribution in [3.63, 3.8) is 0 Å². The number of carbonyl (C=O) groups is 2. The van der Waals surface area contributed by atoms with Crippen molar-refractivity contribution in [1.29, 1.82) is 0 Å². The standard InChI is InChI=1S/C34H44N4O4/c1-5-38(29-10-14-41-15-11-29)32-20-28(27-8-6-26(7-9-27)22-37-12-16-42-17-13-37)19-30(25(32)4)33(39)35-21-31-23(2)18-24(3)36-34(31)40/h6-9,18-20,29,31H,5,10-17,21-22H2,1-4H3,(H,35,39). The van der Waals surface area contributed by atoms with E-state index in [9.17, 15) is 9.59 Å². The van der Waals surface area contributed by atoms with E-state index in [1.54, 1.807) is 0 Å². The minimum atomic E-state index is -0.436. The van der Waals surface area contributed by atoms with E-state index in [0.717, 1.165) is 93.4 Å². The summed E-state index contributed by atoms with van der Waals surface area (Å²) in [6, 6.07) is 13.3. The van der Waals surface area contributed by atoms with Crippen LogP contribution < -0.4 is 10.2 Å². The molecule has 3 aliphatic rings. The molecule has 2 aromatic rings. The maximum absolute atomic E-state index is 13.8. The number of morpholine rings is 1. The van der Waals surface area contributed by atoms with E-state index in [1.165, 1.54) is 5.56 Å². The first kappa shape index (κ1) is 30.1. The van der Waals surface area contributed by atoms with E-state index in [1.807, 2.05) is 32.9 Å². The fourth-order valence-electron chi connectivity index (χ4n) is 6.29. The number of carbonyl (C=O) groups excluding carboxylic acids is 2. The summed E-state index contributed by atoms with van der Waals surface area (Å²) < 4.78 is 11.1. The van der Waals surface area contributed by atoms with Crippen molar-refractivity contribution in [1.82, 2.24) is 10.2 Å². The molecule has 0 aliphatic carbocycles. The third-order valence-electron chi connectivity index (χ3n) is 8.74. The van der Waals surface area contributed by atoms with Gasteiger partial charge in [0.25, 0.3) is 11.8 Å². The van der Waals surface area contributed by atoms with Crippen molar-refractivity contribution in [2.24, 2.45) is 10.9 Å². The Balaban J connectivity index is 1.44. The fourth-order valence-corrected chi connectivity index (χ4v) is 6.29. The van der Waals surface area contributed by atoms with Crippen molar-refractivity contribution in [3.05, 3.63) is 64.7 Å². The zero-order valence-electron chi connectivity index (χ0n) is 25.4. The number of dihydropyridines is 1. The van der Waals surface area contributed by atoms with Crippen molar-refractivity contribution in [2.45, 2.75) is 53.1 Å². The van der Waals surface area contributed by atoms with Crippen LogP contribution in [0, 0.1) is 12.8 Å². The Labute approximate surface area is 249 Å². The van der Waals surface area contributed by atoms with Gasteiger partial charge in [-0.3, -0.25) is 14.5 Å². The van der Waals surface area contributed by atoms with Gasteiger partial charge in [0.15, 0.2) is 0 Å². The molecule has 1 unspecified atom stereocenters. The van der Waals surface area contributed by atoms with Crippen molar-refractivity contribution in [3.8, 4) is 11.1 Å². The first-order valence-electron chi connectivity index (χ1n) is 15.3. The molecule has 2 fully saturated rings. The predicted molar refractivity (Wildman–Crippen MR) is 167 cm³/mol. The number of amides is 2. The van der Waals surface area contributed by atoms with Crippen LogP contribution >= 0.6 is 0 Å². The monoisotopic (exact) mass is 572 g/mol. The van der Waals surface area contributed by atoms with E-state index < -0.39 is 5.92 Å². The summed E-state index contributed by atoms with van der Waals surface area (Å²) in [5, 5.41) is 3.06. The number of nitrogens with zero attached hydrogens (tertiary/aromatic N) is 3. The molecular weight excluding hydrogens is 528 g/mol. The number of ether oxygens (including phenoxy) is 2. The van der Waals surface area contributed by atoms with Gasteiger partial charge in [-0.05, 0) is 81.0 Å². The molecule has 3 heterocycles. The molecule has 5 rings (SSSR count). The van der Waals surface area contributed by atoms with Gasteiger partial charge in [-0.25, -0.2) is 4.99 Å². The van der Waals surface area contributed by atoms with Gasteiger partial charge in [-0.1, -0.05) is 29.8 Å². The highest BCUT2D eigenvalue weighted by Crippen LogP contribution is 2.34. The second kappa shape index (κ2) is 13.8. The first-order chi connectivity index (χ1) is 20.3. The van der Waals surface area contributed by atoms with Crippen LogP contribution in [0.3, 0.4) is 0 Å². The van der Waals surface area contributed by atoms with Crippen LogP contribution in [0.25, 0.3) is 11.1 Å². The number of hydrogen-bond donors (Lipinski definition) is 1. The summed E-state index contributed by atoms with van der Waals surface area (Å²) in [4.78, 5) is 35.3. The molecular formula is C34H44N4O4. The van der Waals surface area contributed by atoms with Gasteiger partial charge in [0.2, 0.25) is 0 Å². The second-order valence-corrected chi connectivity index (χ2v) is 11.6.